The van der Waals surface area contributed by atoms with Crippen LogP contribution in [-0.4, -0.2) is 21.3 Å². The quantitative estimate of drug-likeness (QED) is 0.228. The van der Waals surface area contributed by atoms with Gasteiger partial charge in [0.2, 0.25) is 0 Å². The highest BCUT2D eigenvalue weighted by atomic mass is 35.5. The second kappa shape index (κ2) is 14.0. The average Bonchev–Trinajstić information content (AvgIpc) is 2.61. The van der Waals surface area contributed by atoms with Gasteiger partial charge in [0.05, 0.1) is 22.9 Å². The Labute approximate surface area is 164 Å². The van der Waals surface area contributed by atoms with Crippen molar-refractivity contribution in [2.45, 2.75) is 71.1 Å². The molecular formula is C19H30ClNO4S. The van der Waals surface area contributed by atoms with Crippen LogP contribution >= 0.6 is 11.6 Å². The maximum absolute atomic E-state index is 12.0. The van der Waals surface area contributed by atoms with Crippen molar-refractivity contribution in [3.8, 4) is 0 Å². The van der Waals surface area contributed by atoms with E-state index in [2.05, 4.69) is 11.6 Å². The van der Waals surface area contributed by atoms with Crippen molar-refractivity contribution in [2.75, 3.05) is 11.3 Å². The predicted octanol–water partition coefficient (Wildman–Crippen LogP) is 5.97. The second-order valence-corrected chi connectivity index (χ2v) is 7.47. The van der Waals surface area contributed by atoms with E-state index in [4.69, 9.17) is 20.9 Å². The molecule has 0 spiro atoms. The van der Waals surface area contributed by atoms with Crippen molar-refractivity contribution in [3.05, 3.63) is 28.8 Å². The van der Waals surface area contributed by atoms with Crippen LogP contribution in [0.15, 0.2) is 18.2 Å². The molecule has 1 unspecified atom stereocenters. The lowest BCUT2D eigenvalue weighted by molar-refractivity contribution is 0.0497. The van der Waals surface area contributed by atoms with Crippen LogP contribution in [0.3, 0.4) is 0 Å². The molecule has 0 aliphatic heterocycles. The van der Waals surface area contributed by atoms with E-state index in [0.29, 0.717) is 12.2 Å². The first kappa shape index (κ1) is 22.9. The van der Waals surface area contributed by atoms with E-state index in [1.807, 2.05) is 0 Å². The molecule has 0 saturated carbocycles. The first-order chi connectivity index (χ1) is 12.5. The predicted molar refractivity (Wildman–Crippen MR) is 108 cm³/mol. The molecule has 0 radical (unpaired) electrons. The zero-order valence-corrected chi connectivity index (χ0v) is 17.0. The summed E-state index contributed by atoms with van der Waals surface area (Å²) >= 11 is 3.66. The molecule has 1 atom stereocenters. The van der Waals surface area contributed by atoms with Crippen molar-refractivity contribution >= 4 is 34.5 Å². The number of hydrogen-bond acceptors (Lipinski definition) is 3. The maximum atomic E-state index is 12.0. The van der Waals surface area contributed by atoms with E-state index in [1.54, 1.807) is 0 Å². The topological polar surface area (TPSA) is 75.6 Å². The number of carbonyl (C=O) groups is 1. The number of ether oxygens (including phenoxy) is 1. The maximum Gasteiger partial charge on any atom is 0.338 e. The molecule has 0 saturated heterocycles. The van der Waals surface area contributed by atoms with Crippen molar-refractivity contribution < 1.29 is 18.3 Å². The summed E-state index contributed by atoms with van der Waals surface area (Å²) in [5, 5.41) is 0.263. The Hall–Kier alpha value is -1.11. The molecule has 0 aliphatic carbocycles. The van der Waals surface area contributed by atoms with Gasteiger partial charge in [-0.3, -0.25) is 9.27 Å². The monoisotopic (exact) mass is 403 g/mol. The first-order valence-corrected chi connectivity index (χ1v) is 10.9. The fraction of sp³-hybridized carbons (Fsp3) is 0.632. The van der Waals surface area contributed by atoms with Gasteiger partial charge in [-0.15, -0.1) is 0 Å². The molecule has 0 aliphatic rings. The van der Waals surface area contributed by atoms with E-state index in [1.165, 1.54) is 69.6 Å². The normalized spacial score (nSPS) is 12.0. The molecule has 26 heavy (non-hydrogen) atoms. The lowest BCUT2D eigenvalue weighted by Gasteiger charge is -2.08. The molecule has 0 aromatic heterocycles. The Morgan fingerprint density at radius 2 is 1.65 bits per heavy atom. The molecule has 5 nitrogen and oxygen atoms in total. The first-order valence-electron chi connectivity index (χ1n) is 9.38. The number of anilines is 1. The van der Waals surface area contributed by atoms with Gasteiger partial charge in [-0.1, -0.05) is 76.3 Å². The standard InChI is InChI=1S/C19H30ClNO4S/c1-2-3-4-5-6-7-8-9-10-11-14-25-19(22)16-12-13-17(20)18(15-16)21-26(23)24/h12-13,15,21H,2-11,14H2,1H3,(H,23,24). The lowest BCUT2D eigenvalue weighted by Crippen LogP contribution is -2.08. The van der Waals surface area contributed by atoms with E-state index in [-0.39, 0.29) is 10.7 Å². The van der Waals surface area contributed by atoms with Gasteiger partial charge in [-0.2, -0.15) is 0 Å². The van der Waals surface area contributed by atoms with Gasteiger partial charge < -0.3 is 4.74 Å². The zero-order valence-electron chi connectivity index (χ0n) is 15.5. The van der Waals surface area contributed by atoms with Gasteiger partial charge in [-0.05, 0) is 24.6 Å². The van der Waals surface area contributed by atoms with Crippen molar-refractivity contribution in [1.29, 1.82) is 0 Å². The number of rotatable bonds is 14. The van der Waals surface area contributed by atoms with Crippen LogP contribution in [-0.2, 0) is 16.0 Å². The van der Waals surface area contributed by atoms with E-state index in [9.17, 15) is 9.00 Å². The molecule has 0 heterocycles. The lowest BCUT2D eigenvalue weighted by atomic mass is 10.1. The second-order valence-electron chi connectivity index (χ2n) is 6.36. The molecule has 7 heteroatoms. The van der Waals surface area contributed by atoms with Crippen molar-refractivity contribution in [2.24, 2.45) is 0 Å². The minimum absolute atomic E-state index is 0.223. The van der Waals surface area contributed by atoms with Crippen molar-refractivity contribution in [3.63, 3.8) is 0 Å². The number of unbranched alkanes of at least 4 members (excludes halogenated alkanes) is 9. The number of halogens is 1. The smallest absolute Gasteiger partial charge is 0.338 e. The number of esters is 1. The molecule has 1 aromatic carbocycles. The minimum Gasteiger partial charge on any atom is -0.462 e. The minimum atomic E-state index is -2.25. The molecule has 0 amide bonds. The summed E-state index contributed by atoms with van der Waals surface area (Å²) in [6.07, 6.45) is 12.2. The molecule has 148 valence electrons. The fourth-order valence-electron chi connectivity index (χ4n) is 2.66. The summed E-state index contributed by atoms with van der Waals surface area (Å²) in [5.41, 5.74) is 0.523. The number of nitrogens with one attached hydrogen (secondary N) is 1. The number of hydrogen-bond donors (Lipinski definition) is 2. The van der Waals surface area contributed by atoms with Gasteiger partial charge in [-0.25, -0.2) is 9.00 Å². The van der Waals surface area contributed by atoms with Crippen LogP contribution in [0.2, 0.25) is 5.02 Å². The third-order valence-corrected chi connectivity index (χ3v) is 4.85. The third kappa shape index (κ3) is 10.1. The summed E-state index contributed by atoms with van der Waals surface area (Å²) < 4.78 is 27.2. The summed E-state index contributed by atoms with van der Waals surface area (Å²) in [7, 11) is 0. The zero-order chi connectivity index (χ0) is 19.2. The number of benzene rings is 1. The van der Waals surface area contributed by atoms with Crippen LogP contribution in [0, 0.1) is 0 Å². The summed E-state index contributed by atoms with van der Waals surface area (Å²) in [6.45, 7) is 2.61. The summed E-state index contributed by atoms with van der Waals surface area (Å²) in [5.74, 6) is -0.454. The fourth-order valence-corrected chi connectivity index (χ4v) is 3.24. The van der Waals surface area contributed by atoms with Gasteiger partial charge in [0, 0.05) is 0 Å². The van der Waals surface area contributed by atoms with Crippen molar-refractivity contribution in [1.82, 2.24) is 0 Å². The molecular weight excluding hydrogens is 374 g/mol. The van der Waals surface area contributed by atoms with Crippen LogP contribution in [0.4, 0.5) is 5.69 Å². The number of carbonyl (C=O) groups excluding carboxylic acids is 1. The van der Waals surface area contributed by atoms with Crippen LogP contribution in [0.25, 0.3) is 0 Å². The Morgan fingerprint density at radius 3 is 2.23 bits per heavy atom. The Kier molecular flexibility index (Phi) is 12.4. The summed E-state index contributed by atoms with van der Waals surface area (Å²) in [6, 6.07) is 4.44. The highest BCUT2D eigenvalue weighted by Gasteiger charge is 2.11. The van der Waals surface area contributed by atoms with Gasteiger partial charge in [0.15, 0.2) is 0 Å². The Morgan fingerprint density at radius 1 is 1.08 bits per heavy atom. The van der Waals surface area contributed by atoms with E-state index in [0.717, 1.165) is 12.8 Å². The van der Waals surface area contributed by atoms with Gasteiger partial charge in [0.1, 0.15) is 0 Å². The van der Waals surface area contributed by atoms with Crippen LogP contribution in [0.5, 0.6) is 0 Å². The average molecular weight is 404 g/mol. The largest absolute Gasteiger partial charge is 0.462 e. The molecule has 0 fully saturated rings. The Balaban J connectivity index is 2.16. The molecule has 1 aromatic rings. The van der Waals surface area contributed by atoms with Gasteiger partial charge in [0.25, 0.3) is 11.3 Å². The molecule has 0 bridgehead atoms. The summed E-state index contributed by atoms with van der Waals surface area (Å²) in [4.78, 5) is 12.0. The Bertz CT molecular complexity index is 568. The SMILES string of the molecule is CCCCCCCCCCCCOC(=O)c1ccc(Cl)c(NS(=O)O)c1. The molecule has 2 N–H and O–H groups in total. The molecule has 1 rings (SSSR count). The van der Waals surface area contributed by atoms with Crippen LogP contribution < -0.4 is 4.72 Å². The van der Waals surface area contributed by atoms with E-state index < -0.39 is 17.2 Å². The highest BCUT2D eigenvalue weighted by Crippen LogP contribution is 2.23. The van der Waals surface area contributed by atoms with E-state index >= 15 is 0 Å². The van der Waals surface area contributed by atoms with Crippen LogP contribution in [0.1, 0.15) is 81.5 Å². The van der Waals surface area contributed by atoms with Gasteiger partial charge >= 0.3 is 5.97 Å². The third-order valence-electron chi connectivity index (χ3n) is 4.13. The highest BCUT2D eigenvalue weighted by molar-refractivity contribution is 7.80.